The highest BCUT2D eigenvalue weighted by atomic mass is 16.6. The fourth-order valence-corrected chi connectivity index (χ4v) is 2.62. The van der Waals surface area contributed by atoms with Crippen molar-refractivity contribution in [3.8, 4) is 17.2 Å². The number of esters is 1. The van der Waals surface area contributed by atoms with E-state index in [0.29, 0.717) is 22.8 Å². The van der Waals surface area contributed by atoms with Gasteiger partial charge in [-0.25, -0.2) is 4.79 Å². The molecular formula is C22H22O6. The molecule has 6 heteroatoms. The van der Waals surface area contributed by atoms with Gasteiger partial charge in [-0.2, -0.15) is 0 Å². The summed E-state index contributed by atoms with van der Waals surface area (Å²) in [5, 5.41) is 0. The summed E-state index contributed by atoms with van der Waals surface area (Å²) in [5.41, 5.74) is 0.725. The molecule has 0 aromatic heterocycles. The number of methoxy groups -OCH3 is 1. The molecule has 1 aliphatic rings. The predicted octanol–water partition coefficient (Wildman–Crippen LogP) is 4.03. The van der Waals surface area contributed by atoms with Gasteiger partial charge in [-0.15, -0.1) is 0 Å². The van der Waals surface area contributed by atoms with Crippen LogP contribution in [0.4, 0.5) is 0 Å². The summed E-state index contributed by atoms with van der Waals surface area (Å²) in [6.07, 6.45) is 1.66. The molecule has 146 valence electrons. The van der Waals surface area contributed by atoms with Crippen molar-refractivity contribution in [1.29, 1.82) is 0 Å². The molecule has 0 amide bonds. The van der Waals surface area contributed by atoms with Gasteiger partial charge in [0.1, 0.15) is 22.8 Å². The molecule has 1 heterocycles. The molecule has 2 aromatic rings. The molecule has 2 aromatic carbocycles. The van der Waals surface area contributed by atoms with Gasteiger partial charge in [-0.1, -0.05) is 12.1 Å². The van der Waals surface area contributed by atoms with E-state index in [0.717, 1.165) is 5.56 Å². The van der Waals surface area contributed by atoms with Gasteiger partial charge in [-0.05, 0) is 56.7 Å². The van der Waals surface area contributed by atoms with Crippen LogP contribution < -0.4 is 14.2 Å². The van der Waals surface area contributed by atoms with E-state index in [-0.39, 0.29) is 18.1 Å². The molecule has 0 spiro atoms. The number of hydrogen-bond donors (Lipinski definition) is 0. The fraction of sp³-hybridized carbons (Fsp3) is 0.273. The standard InChI is InChI=1S/C22H22O6/c1-22(2,3)28-20(23)13-26-15-7-5-14(6-8-15)11-19-21(24)17-10-9-16(25-4)12-18(17)27-19/h5-12H,13H2,1-4H3/b19-11-. The van der Waals surface area contributed by atoms with Crippen LogP contribution in [0.5, 0.6) is 17.2 Å². The van der Waals surface area contributed by atoms with Crippen LogP contribution in [-0.2, 0) is 9.53 Å². The second-order valence-corrected chi connectivity index (χ2v) is 7.25. The van der Waals surface area contributed by atoms with E-state index >= 15 is 0 Å². The minimum atomic E-state index is -0.550. The first-order valence-corrected chi connectivity index (χ1v) is 8.82. The number of carbonyl (C=O) groups excluding carboxylic acids is 2. The van der Waals surface area contributed by atoms with Gasteiger partial charge in [-0.3, -0.25) is 4.79 Å². The first-order valence-electron chi connectivity index (χ1n) is 8.82. The van der Waals surface area contributed by atoms with Crippen molar-refractivity contribution in [3.63, 3.8) is 0 Å². The molecule has 6 nitrogen and oxygen atoms in total. The van der Waals surface area contributed by atoms with E-state index in [1.807, 2.05) is 0 Å². The minimum Gasteiger partial charge on any atom is -0.497 e. The summed E-state index contributed by atoms with van der Waals surface area (Å²) in [6, 6.07) is 12.1. The number of carbonyl (C=O) groups is 2. The molecular weight excluding hydrogens is 360 g/mol. The Morgan fingerprint density at radius 3 is 2.39 bits per heavy atom. The van der Waals surface area contributed by atoms with E-state index in [2.05, 4.69) is 0 Å². The van der Waals surface area contributed by atoms with Crippen molar-refractivity contribution in [2.45, 2.75) is 26.4 Å². The number of ketones is 1. The molecule has 0 saturated carbocycles. The smallest absolute Gasteiger partial charge is 0.344 e. The first-order chi connectivity index (χ1) is 13.2. The van der Waals surface area contributed by atoms with Crippen LogP contribution in [0.1, 0.15) is 36.7 Å². The maximum absolute atomic E-state index is 12.4. The first kappa shape index (κ1) is 19.5. The summed E-state index contributed by atoms with van der Waals surface area (Å²) in [7, 11) is 1.56. The monoisotopic (exact) mass is 382 g/mol. The Hall–Kier alpha value is -3.28. The number of allylic oxidation sites excluding steroid dienone is 1. The summed E-state index contributed by atoms with van der Waals surface area (Å²) >= 11 is 0. The lowest BCUT2D eigenvalue weighted by molar-refractivity contribution is -0.157. The quantitative estimate of drug-likeness (QED) is 0.574. The topological polar surface area (TPSA) is 71.1 Å². The predicted molar refractivity (Wildman–Crippen MR) is 104 cm³/mol. The lowest BCUT2D eigenvalue weighted by Gasteiger charge is -2.19. The SMILES string of the molecule is COc1ccc2c(c1)O/C(=C\c1ccc(OCC(=O)OC(C)(C)C)cc1)C2=O. The van der Waals surface area contributed by atoms with Crippen LogP contribution in [0.25, 0.3) is 6.08 Å². The second-order valence-electron chi connectivity index (χ2n) is 7.25. The van der Waals surface area contributed by atoms with Gasteiger partial charge >= 0.3 is 5.97 Å². The lowest BCUT2D eigenvalue weighted by atomic mass is 10.1. The Balaban J connectivity index is 1.64. The van der Waals surface area contributed by atoms with Crippen LogP contribution in [0.2, 0.25) is 0 Å². The maximum atomic E-state index is 12.4. The Bertz CT molecular complexity index is 919. The average Bonchev–Trinajstić information content (AvgIpc) is 2.94. The Morgan fingerprint density at radius 2 is 1.75 bits per heavy atom. The summed E-state index contributed by atoms with van der Waals surface area (Å²) in [5.74, 6) is 1.26. The van der Waals surface area contributed by atoms with Crippen molar-refractivity contribution >= 4 is 17.8 Å². The van der Waals surface area contributed by atoms with Gasteiger partial charge in [0.05, 0.1) is 12.7 Å². The highest BCUT2D eigenvalue weighted by Gasteiger charge is 2.27. The number of ether oxygens (including phenoxy) is 4. The number of benzene rings is 2. The average molecular weight is 382 g/mol. The van der Waals surface area contributed by atoms with Crippen LogP contribution in [0.3, 0.4) is 0 Å². The molecule has 0 bridgehead atoms. The van der Waals surface area contributed by atoms with Crippen molar-refractivity contribution in [1.82, 2.24) is 0 Å². The molecule has 0 saturated heterocycles. The highest BCUT2D eigenvalue weighted by Crippen LogP contribution is 2.34. The van der Waals surface area contributed by atoms with Gasteiger partial charge < -0.3 is 18.9 Å². The van der Waals surface area contributed by atoms with E-state index in [4.69, 9.17) is 18.9 Å². The number of fused-ring (bicyclic) bond motifs is 1. The van der Waals surface area contributed by atoms with E-state index in [9.17, 15) is 9.59 Å². The lowest BCUT2D eigenvalue weighted by Crippen LogP contribution is -2.27. The molecule has 0 unspecified atom stereocenters. The molecule has 1 aliphatic heterocycles. The number of hydrogen-bond acceptors (Lipinski definition) is 6. The van der Waals surface area contributed by atoms with Gasteiger partial charge in [0.25, 0.3) is 0 Å². The van der Waals surface area contributed by atoms with Gasteiger partial charge in [0.2, 0.25) is 5.78 Å². The van der Waals surface area contributed by atoms with Crippen molar-refractivity contribution < 1.29 is 28.5 Å². The zero-order valence-corrected chi connectivity index (χ0v) is 16.3. The zero-order valence-electron chi connectivity index (χ0n) is 16.3. The third kappa shape index (κ3) is 4.71. The van der Waals surface area contributed by atoms with E-state index in [1.165, 1.54) is 0 Å². The summed E-state index contributed by atoms with van der Waals surface area (Å²) in [4.78, 5) is 24.1. The normalized spacial score (nSPS) is 14.4. The molecule has 0 radical (unpaired) electrons. The Morgan fingerprint density at radius 1 is 1.07 bits per heavy atom. The van der Waals surface area contributed by atoms with E-state index < -0.39 is 11.6 Å². The third-order valence-corrected chi connectivity index (χ3v) is 3.83. The molecule has 0 fully saturated rings. The summed E-state index contributed by atoms with van der Waals surface area (Å²) < 4.78 is 21.4. The summed E-state index contributed by atoms with van der Waals surface area (Å²) in [6.45, 7) is 5.23. The second kappa shape index (κ2) is 7.76. The molecule has 0 atom stereocenters. The van der Waals surface area contributed by atoms with Gasteiger partial charge in [0.15, 0.2) is 12.4 Å². The Kier molecular flexibility index (Phi) is 5.40. The van der Waals surface area contributed by atoms with Crippen molar-refractivity contribution in [2.75, 3.05) is 13.7 Å². The van der Waals surface area contributed by atoms with Gasteiger partial charge in [0, 0.05) is 6.07 Å². The highest BCUT2D eigenvalue weighted by molar-refractivity contribution is 6.14. The Labute approximate surface area is 163 Å². The van der Waals surface area contributed by atoms with Crippen LogP contribution in [0, 0.1) is 0 Å². The third-order valence-electron chi connectivity index (χ3n) is 3.83. The van der Waals surface area contributed by atoms with Crippen LogP contribution in [0.15, 0.2) is 48.2 Å². The molecule has 28 heavy (non-hydrogen) atoms. The number of Topliss-reactive ketones (excluding diaryl/α,β-unsaturated/α-hetero) is 1. The van der Waals surface area contributed by atoms with E-state index in [1.54, 1.807) is 76.4 Å². The number of rotatable bonds is 5. The van der Waals surface area contributed by atoms with Crippen LogP contribution >= 0.6 is 0 Å². The van der Waals surface area contributed by atoms with Crippen molar-refractivity contribution in [3.05, 3.63) is 59.4 Å². The molecule has 0 aliphatic carbocycles. The zero-order chi connectivity index (χ0) is 20.3. The fourth-order valence-electron chi connectivity index (χ4n) is 2.62. The molecule has 3 rings (SSSR count). The largest absolute Gasteiger partial charge is 0.497 e. The minimum absolute atomic E-state index is 0.170. The maximum Gasteiger partial charge on any atom is 0.344 e. The molecule has 0 N–H and O–H groups in total. The van der Waals surface area contributed by atoms with Crippen molar-refractivity contribution in [2.24, 2.45) is 0 Å². The van der Waals surface area contributed by atoms with Crippen LogP contribution in [-0.4, -0.2) is 31.1 Å².